The van der Waals surface area contributed by atoms with E-state index in [1.54, 1.807) is 25.1 Å². The average Bonchev–Trinajstić information content (AvgIpc) is 2.80. The molecule has 0 saturated heterocycles. The largest absolute Gasteiger partial charge is 0.484 e. The van der Waals surface area contributed by atoms with Crippen molar-refractivity contribution in [3.8, 4) is 5.75 Å². The van der Waals surface area contributed by atoms with Crippen molar-refractivity contribution in [2.75, 3.05) is 6.61 Å². The molecule has 0 bridgehead atoms. The second kappa shape index (κ2) is 11.6. The van der Waals surface area contributed by atoms with Crippen LogP contribution < -0.4 is 10.1 Å². The summed E-state index contributed by atoms with van der Waals surface area (Å²) in [6.45, 7) is 5.34. The number of nitrogens with zero attached hydrogens (tertiary/aromatic N) is 1. The van der Waals surface area contributed by atoms with E-state index in [1.165, 1.54) is 17.4 Å². The molecule has 2 amide bonds. The van der Waals surface area contributed by atoms with E-state index >= 15 is 0 Å². The SMILES string of the molecule is Cc1cc(OCC(=O)N(Cc2ccccc2F)[C@H](C)C(=O)NC2CCCCC2)cc(C)c1Br. The van der Waals surface area contributed by atoms with Gasteiger partial charge in [-0.1, -0.05) is 53.4 Å². The minimum atomic E-state index is -0.754. The second-order valence-electron chi connectivity index (χ2n) is 8.79. The summed E-state index contributed by atoms with van der Waals surface area (Å²) in [4.78, 5) is 27.6. The van der Waals surface area contributed by atoms with Crippen LogP contribution in [0.15, 0.2) is 40.9 Å². The molecule has 1 saturated carbocycles. The first-order valence-corrected chi connectivity index (χ1v) is 12.3. The van der Waals surface area contributed by atoms with Crippen LogP contribution in [0.1, 0.15) is 55.7 Å². The molecule has 0 aliphatic heterocycles. The van der Waals surface area contributed by atoms with Gasteiger partial charge in [-0.15, -0.1) is 0 Å². The van der Waals surface area contributed by atoms with Gasteiger partial charge in [-0.3, -0.25) is 9.59 Å². The van der Waals surface area contributed by atoms with Crippen LogP contribution in [0, 0.1) is 19.7 Å². The van der Waals surface area contributed by atoms with Crippen LogP contribution in [0.4, 0.5) is 4.39 Å². The van der Waals surface area contributed by atoms with E-state index in [-0.39, 0.29) is 31.0 Å². The van der Waals surface area contributed by atoms with Gasteiger partial charge in [-0.2, -0.15) is 0 Å². The number of rotatable bonds is 8. The molecule has 2 aromatic carbocycles. The normalized spacial score (nSPS) is 15.1. The fourth-order valence-electron chi connectivity index (χ4n) is 4.18. The Hall–Kier alpha value is -2.41. The second-order valence-corrected chi connectivity index (χ2v) is 9.59. The van der Waals surface area contributed by atoms with Crippen LogP contribution in [0.3, 0.4) is 0 Å². The van der Waals surface area contributed by atoms with Crippen LogP contribution in [-0.4, -0.2) is 35.4 Å². The maximum atomic E-state index is 14.4. The van der Waals surface area contributed by atoms with Crippen LogP contribution in [0.5, 0.6) is 5.75 Å². The molecular formula is C26H32BrFN2O3. The maximum absolute atomic E-state index is 14.4. The summed E-state index contributed by atoms with van der Waals surface area (Å²) in [6, 6.07) is 9.39. The number of benzene rings is 2. The minimum Gasteiger partial charge on any atom is -0.484 e. The van der Waals surface area contributed by atoms with Crippen molar-refractivity contribution in [2.24, 2.45) is 0 Å². The Morgan fingerprint density at radius 2 is 1.79 bits per heavy atom. The van der Waals surface area contributed by atoms with Crippen LogP contribution in [0.2, 0.25) is 0 Å². The summed E-state index contributed by atoms with van der Waals surface area (Å²) < 4.78 is 21.1. The van der Waals surface area contributed by atoms with Gasteiger partial charge >= 0.3 is 0 Å². The fraction of sp³-hybridized carbons (Fsp3) is 0.462. The molecular weight excluding hydrogens is 487 g/mol. The lowest BCUT2D eigenvalue weighted by atomic mass is 9.95. The molecule has 0 heterocycles. The van der Waals surface area contributed by atoms with Gasteiger partial charge in [0.05, 0.1) is 0 Å². The van der Waals surface area contributed by atoms with Gasteiger partial charge in [-0.05, 0) is 62.9 Å². The van der Waals surface area contributed by atoms with E-state index in [2.05, 4.69) is 21.2 Å². The molecule has 0 unspecified atom stereocenters. The van der Waals surface area contributed by atoms with Crippen molar-refractivity contribution in [2.45, 2.75) is 71.5 Å². The highest BCUT2D eigenvalue weighted by Crippen LogP contribution is 2.26. The molecule has 0 spiro atoms. The van der Waals surface area contributed by atoms with E-state index in [9.17, 15) is 14.0 Å². The van der Waals surface area contributed by atoms with Gasteiger partial charge in [-0.25, -0.2) is 4.39 Å². The van der Waals surface area contributed by atoms with E-state index in [4.69, 9.17) is 4.74 Å². The predicted octanol–water partition coefficient (Wildman–Crippen LogP) is 5.45. The molecule has 1 fully saturated rings. The molecule has 7 heteroatoms. The highest BCUT2D eigenvalue weighted by molar-refractivity contribution is 9.10. The first-order valence-electron chi connectivity index (χ1n) is 11.5. The van der Waals surface area contributed by atoms with Gasteiger partial charge in [0, 0.05) is 22.6 Å². The van der Waals surface area contributed by atoms with Crippen molar-refractivity contribution < 1.29 is 18.7 Å². The summed E-state index contributed by atoms with van der Waals surface area (Å²) in [6.07, 6.45) is 5.27. The Bertz CT molecular complexity index is 968. The molecule has 5 nitrogen and oxygen atoms in total. The zero-order chi connectivity index (χ0) is 24.0. The summed E-state index contributed by atoms with van der Waals surface area (Å²) in [5.41, 5.74) is 2.36. The zero-order valence-corrected chi connectivity index (χ0v) is 21.1. The lowest BCUT2D eigenvalue weighted by molar-refractivity contribution is -0.142. The van der Waals surface area contributed by atoms with E-state index in [0.717, 1.165) is 41.3 Å². The summed E-state index contributed by atoms with van der Waals surface area (Å²) in [7, 11) is 0. The van der Waals surface area contributed by atoms with Crippen LogP contribution >= 0.6 is 15.9 Å². The quantitative estimate of drug-likeness (QED) is 0.505. The van der Waals surface area contributed by atoms with E-state index < -0.39 is 11.9 Å². The Morgan fingerprint density at radius 3 is 2.42 bits per heavy atom. The molecule has 2 aromatic rings. The number of aryl methyl sites for hydroxylation is 2. The molecule has 1 atom stereocenters. The van der Waals surface area contributed by atoms with Crippen LogP contribution in [-0.2, 0) is 16.1 Å². The van der Waals surface area contributed by atoms with Crippen molar-refractivity contribution in [1.29, 1.82) is 0 Å². The predicted molar refractivity (Wildman–Crippen MR) is 131 cm³/mol. The first-order chi connectivity index (χ1) is 15.8. The molecule has 3 rings (SSSR count). The number of halogens is 2. The first kappa shape index (κ1) is 25.2. The molecule has 178 valence electrons. The highest BCUT2D eigenvalue weighted by Gasteiger charge is 2.29. The summed E-state index contributed by atoms with van der Waals surface area (Å²) in [5.74, 6) is -0.424. The summed E-state index contributed by atoms with van der Waals surface area (Å²) >= 11 is 3.53. The number of hydrogen-bond acceptors (Lipinski definition) is 3. The van der Waals surface area contributed by atoms with Crippen LogP contribution in [0.25, 0.3) is 0 Å². The molecule has 0 radical (unpaired) electrons. The van der Waals surface area contributed by atoms with Gasteiger partial charge < -0.3 is 15.0 Å². The Balaban J connectivity index is 1.74. The Kier molecular flexibility index (Phi) is 8.89. The Morgan fingerprint density at radius 1 is 1.15 bits per heavy atom. The van der Waals surface area contributed by atoms with Gasteiger partial charge in [0.15, 0.2) is 6.61 Å². The van der Waals surface area contributed by atoms with Gasteiger partial charge in [0.1, 0.15) is 17.6 Å². The third-order valence-corrected chi connectivity index (χ3v) is 7.44. The van der Waals surface area contributed by atoms with Crippen molar-refractivity contribution in [1.82, 2.24) is 10.2 Å². The fourth-order valence-corrected chi connectivity index (χ4v) is 4.41. The third-order valence-electron chi connectivity index (χ3n) is 6.19. The maximum Gasteiger partial charge on any atom is 0.261 e. The molecule has 0 aromatic heterocycles. The molecule has 1 N–H and O–H groups in total. The topological polar surface area (TPSA) is 58.6 Å². The number of nitrogens with one attached hydrogen (secondary N) is 1. The lowest BCUT2D eigenvalue weighted by Crippen LogP contribution is -2.51. The molecule has 33 heavy (non-hydrogen) atoms. The zero-order valence-electron chi connectivity index (χ0n) is 19.5. The number of hydrogen-bond donors (Lipinski definition) is 1. The number of ether oxygens (including phenoxy) is 1. The standard InChI is InChI=1S/C26H32BrFN2O3/c1-17-13-22(14-18(2)25(17)27)33-16-24(31)30(15-20-9-7-8-12-23(20)28)19(3)26(32)29-21-10-5-4-6-11-21/h7-9,12-14,19,21H,4-6,10-11,15-16H2,1-3H3,(H,29,32)/t19-/m1/s1. The lowest BCUT2D eigenvalue weighted by Gasteiger charge is -2.31. The van der Waals surface area contributed by atoms with Crippen molar-refractivity contribution >= 4 is 27.7 Å². The van der Waals surface area contributed by atoms with Crippen molar-refractivity contribution in [3.63, 3.8) is 0 Å². The van der Waals surface area contributed by atoms with E-state index in [1.807, 2.05) is 26.0 Å². The highest BCUT2D eigenvalue weighted by atomic mass is 79.9. The number of carbonyl (C=O) groups is 2. The van der Waals surface area contributed by atoms with E-state index in [0.29, 0.717) is 11.3 Å². The smallest absolute Gasteiger partial charge is 0.261 e. The van der Waals surface area contributed by atoms with Crippen molar-refractivity contribution in [3.05, 3.63) is 63.4 Å². The molecule has 1 aliphatic rings. The third kappa shape index (κ3) is 6.79. The number of amides is 2. The molecule has 1 aliphatic carbocycles. The number of carbonyl (C=O) groups excluding carboxylic acids is 2. The van der Waals surface area contributed by atoms with Gasteiger partial charge in [0.25, 0.3) is 5.91 Å². The Labute approximate surface area is 203 Å². The summed E-state index contributed by atoms with van der Waals surface area (Å²) in [5, 5.41) is 3.08. The minimum absolute atomic E-state index is 0.00743. The average molecular weight is 519 g/mol. The van der Waals surface area contributed by atoms with Gasteiger partial charge in [0.2, 0.25) is 5.91 Å². The monoisotopic (exact) mass is 518 g/mol.